The molecule has 0 unspecified atom stereocenters. The average Bonchev–Trinajstić information content (AvgIpc) is 2.53. The van der Waals surface area contributed by atoms with Gasteiger partial charge in [-0.1, -0.05) is 11.6 Å². The van der Waals surface area contributed by atoms with Crippen LogP contribution in [0.4, 0.5) is 0 Å². The van der Waals surface area contributed by atoms with Crippen LogP contribution in [0.5, 0.6) is 0 Å². The van der Waals surface area contributed by atoms with E-state index in [9.17, 15) is 4.79 Å². The van der Waals surface area contributed by atoms with Crippen molar-refractivity contribution >= 4 is 34.4 Å². The van der Waals surface area contributed by atoms with E-state index in [2.05, 4.69) is 9.73 Å². The molecule has 1 heterocycles. The second-order valence-electron chi connectivity index (χ2n) is 2.05. The summed E-state index contributed by atoms with van der Waals surface area (Å²) in [6, 6.07) is 0. The number of nitrogens with zero attached hydrogens (tertiary/aromatic N) is 1. The van der Waals surface area contributed by atoms with Crippen molar-refractivity contribution in [3.63, 3.8) is 0 Å². The van der Waals surface area contributed by atoms with E-state index in [-0.39, 0.29) is 12.4 Å². The number of aliphatic imine (C=N–C) groups is 1. The largest absolute Gasteiger partial charge is 0.433 e. The number of esters is 1. The van der Waals surface area contributed by atoms with Crippen LogP contribution in [0.25, 0.3) is 0 Å². The van der Waals surface area contributed by atoms with Crippen molar-refractivity contribution in [1.82, 2.24) is 0 Å². The standard InChI is InChI=1S/C7H8ClNO2S/c8-1-3-11-7(10)5-6-9-2-4-12-6/h1,3H,2,4-5H2. The van der Waals surface area contributed by atoms with Crippen LogP contribution in [0.1, 0.15) is 6.42 Å². The summed E-state index contributed by atoms with van der Waals surface area (Å²) >= 11 is 6.77. The van der Waals surface area contributed by atoms with Gasteiger partial charge in [0.1, 0.15) is 6.26 Å². The van der Waals surface area contributed by atoms with Gasteiger partial charge < -0.3 is 4.74 Å². The molecule has 0 radical (unpaired) electrons. The lowest BCUT2D eigenvalue weighted by Gasteiger charge is -1.96. The quantitative estimate of drug-likeness (QED) is 0.521. The molecule has 0 aromatic carbocycles. The number of hydrogen-bond acceptors (Lipinski definition) is 4. The molecule has 1 rings (SSSR count). The first-order chi connectivity index (χ1) is 5.83. The van der Waals surface area contributed by atoms with E-state index in [1.807, 2.05) is 0 Å². The molecule has 0 fully saturated rings. The predicted octanol–water partition coefficient (Wildman–Crippen LogP) is 1.77. The maximum atomic E-state index is 10.9. The lowest BCUT2D eigenvalue weighted by Crippen LogP contribution is -2.04. The minimum atomic E-state index is -0.319. The van der Waals surface area contributed by atoms with Crippen LogP contribution in [0.15, 0.2) is 16.8 Å². The average molecular weight is 206 g/mol. The summed E-state index contributed by atoms with van der Waals surface area (Å²) < 4.78 is 4.61. The molecule has 0 saturated carbocycles. The third kappa shape index (κ3) is 3.28. The molecule has 0 aromatic rings. The van der Waals surface area contributed by atoms with E-state index in [1.54, 1.807) is 11.8 Å². The monoisotopic (exact) mass is 205 g/mol. The van der Waals surface area contributed by atoms with Crippen LogP contribution in [0, 0.1) is 0 Å². The normalized spacial score (nSPS) is 16.6. The fourth-order valence-corrected chi connectivity index (χ4v) is 1.63. The molecule has 0 atom stereocenters. The maximum Gasteiger partial charge on any atom is 0.317 e. The van der Waals surface area contributed by atoms with E-state index >= 15 is 0 Å². The zero-order chi connectivity index (χ0) is 8.81. The molecule has 0 saturated heterocycles. The Morgan fingerprint density at radius 3 is 3.25 bits per heavy atom. The van der Waals surface area contributed by atoms with Gasteiger partial charge in [-0.2, -0.15) is 0 Å². The number of ether oxygens (including phenoxy) is 1. The molecule has 0 amide bonds. The van der Waals surface area contributed by atoms with E-state index in [4.69, 9.17) is 11.6 Å². The summed E-state index contributed by atoms with van der Waals surface area (Å²) in [7, 11) is 0. The number of rotatable bonds is 3. The molecule has 5 heteroatoms. The SMILES string of the molecule is O=C(CC1=NCCS1)OC=CCl. The van der Waals surface area contributed by atoms with E-state index in [1.165, 1.54) is 0 Å². The molecular weight excluding hydrogens is 198 g/mol. The number of carbonyl (C=O) groups excluding carboxylic acids is 1. The molecule has 0 aromatic heterocycles. The van der Waals surface area contributed by atoms with Gasteiger partial charge in [0.2, 0.25) is 0 Å². The first kappa shape index (κ1) is 9.61. The Balaban J connectivity index is 2.25. The summed E-state index contributed by atoms with van der Waals surface area (Å²) in [6.45, 7) is 0.804. The van der Waals surface area contributed by atoms with Crippen LogP contribution in [-0.2, 0) is 9.53 Å². The van der Waals surface area contributed by atoms with Crippen LogP contribution >= 0.6 is 23.4 Å². The fraction of sp³-hybridized carbons (Fsp3) is 0.429. The minimum absolute atomic E-state index is 0.256. The molecule has 1 aliphatic heterocycles. The first-order valence-electron chi connectivity index (χ1n) is 3.44. The van der Waals surface area contributed by atoms with Crippen molar-refractivity contribution in [1.29, 1.82) is 0 Å². The fourth-order valence-electron chi connectivity index (χ4n) is 0.753. The number of hydrogen-bond donors (Lipinski definition) is 0. The Bertz CT molecular complexity index is 227. The van der Waals surface area contributed by atoms with Gasteiger partial charge in [0.15, 0.2) is 0 Å². The number of halogens is 1. The van der Waals surface area contributed by atoms with Crippen molar-refractivity contribution < 1.29 is 9.53 Å². The highest BCUT2D eigenvalue weighted by molar-refractivity contribution is 8.14. The molecule has 0 bridgehead atoms. The second-order valence-corrected chi connectivity index (χ2v) is 3.47. The van der Waals surface area contributed by atoms with Crippen LogP contribution in [0.3, 0.4) is 0 Å². The van der Waals surface area contributed by atoms with Gasteiger partial charge in [0, 0.05) is 17.8 Å². The van der Waals surface area contributed by atoms with Crippen LogP contribution in [-0.4, -0.2) is 23.3 Å². The maximum absolute atomic E-state index is 10.9. The van der Waals surface area contributed by atoms with Gasteiger partial charge in [-0.3, -0.25) is 9.79 Å². The first-order valence-corrected chi connectivity index (χ1v) is 4.86. The Kier molecular flexibility index (Phi) is 4.18. The van der Waals surface area contributed by atoms with Crippen LogP contribution < -0.4 is 0 Å². The highest BCUT2D eigenvalue weighted by Gasteiger charge is 2.11. The summed E-state index contributed by atoms with van der Waals surface area (Å²) in [6.07, 6.45) is 1.41. The molecule has 0 spiro atoms. The lowest BCUT2D eigenvalue weighted by atomic mass is 10.5. The van der Waals surface area contributed by atoms with Gasteiger partial charge in [-0.05, 0) is 0 Å². The highest BCUT2D eigenvalue weighted by atomic mass is 35.5. The molecule has 66 valence electrons. The topological polar surface area (TPSA) is 38.7 Å². The summed E-state index contributed by atoms with van der Waals surface area (Å²) in [5, 5.41) is 0.850. The molecule has 12 heavy (non-hydrogen) atoms. The Morgan fingerprint density at radius 2 is 2.67 bits per heavy atom. The minimum Gasteiger partial charge on any atom is -0.433 e. The van der Waals surface area contributed by atoms with Crippen molar-refractivity contribution in [3.05, 3.63) is 11.8 Å². The van der Waals surface area contributed by atoms with E-state index < -0.39 is 0 Å². The number of thioether (sulfide) groups is 1. The van der Waals surface area contributed by atoms with Crippen molar-refractivity contribution in [3.8, 4) is 0 Å². The van der Waals surface area contributed by atoms with Crippen molar-refractivity contribution in [2.75, 3.05) is 12.3 Å². The summed E-state index contributed by atoms with van der Waals surface area (Å²) in [5.41, 5.74) is 1.15. The predicted molar refractivity (Wildman–Crippen MR) is 50.5 cm³/mol. The molecule has 1 aliphatic rings. The van der Waals surface area contributed by atoms with Gasteiger partial charge in [0.05, 0.1) is 11.5 Å². The van der Waals surface area contributed by atoms with E-state index in [0.29, 0.717) is 0 Å². The lowest BCUT2D eigenvalue weighted by molar-refractivity contribution is -0.136. The Hall–Kier alpha value is -0.480. The smallest absolute Gasteiger partial charge is 0.317 e. The van der Waals surface area contributed by atoms with E-state index in [0.717, 1.165) is 29.1 Å². The Labute approximate surface area is 79.8 Å². The molecular formula is C7H8ClNO2S. The highest BCUT2D eigenvalue weighted by Crippen LogP contribution is 2.14. The van der Waals surface area contributed by atoms with Gasteiger partial charge >= 0.3 is 5.97 Å². The number of carbonyl (C=O) groups is 1. The molecule has 3 nitrogen and oxygen atoms in total. The molecule has 0 aliphatic carbocycles. The second kappa shape index (κ2) is 5.22. The zero-order valence-electron chi connectivity index (χ0n) is 6.33. The van der Waals surface area contributed by atoms with Gasteiger partial charge in [-0.25, -0.2) is 0 Å². The van der Waals surface area contributed by atoms with Crippen LogP contribution in [0.2, 0.25) is 0 Å². The van der Waals surface area contributed by atoms with Crippen molar-refractivity contribution in [2.45, 2.75) is 6.42 Å². The summed E-state index contributed by atoms with van der Waals surface area (Å²) in [5.74, 6) is 0.647. The third-order valence-electron chi connectivity index (χ3n) is 1.19. The van der Waals surface area contributed by atoms with Gasteiger partial charge in [0.25, 0.3) is 0 Å². The zero-order valence-corrected chi connectivity index (χ0v) is 7.90. The summed E-state index contributed by atoms with van der Waals surface area (Å²) in [4.78, 5) is 15.0. The molecule has 0 N–H and O–H groups in total. The third-order valence-corrected chi connectivity index (χ3v) is 2.29. The Morgan fingerprint density at radius 1 is 1.83 bits per heavy atom. The van der Waals surface area contributed by atoms with Crippen molar-refractivity contribution in [2.24, 2.45) is 4.99 Å². The van der Waals surface area contributed by atoms with Gasteiger partial charge in [-0.15, -0.1) is 11.8 Å².